The highest BCUT2D eigenvalue weighted by molar-refractivity contribution is 6.27. The van der Waals surface area contributed by atoms with Crippen LogP contribution in [-0.4, -0.2) is 98.6 Å². The fourth-order valence-electron chi connectivity index (χ4n) is 2.98. The summed E-state index contributed by atoms with van der Waals surface area (Å²) in [4.78, 5) is 69.4. The van der Waals surface area contributed by atoms with Gasteiger partial charge in [0.25, 0.3) is 0 Å². The molecule has 2 N–H and O–H groups in total. The van der Waals surface area contributed by atoms with Gasteiger partial charge in [0.15, 0.2) is 24.6 Å². The summed E-state index contributed by atoms with van der Waals surface area (Å²) < 4.78 is 32.1. The largest absolute Gasteiger partial charge is 0.463 e. The van der Waals surface area contributed by atoms with Crippen LogP contribution in [0.5, 0.6) is 0 Å². The summed E-state index contributed by atoms with van der Waals surface area (Å²) in [6.45, 7) is 3.56. The molecule has 0 aromatic carbocycles. The van der Waals surface area contributed by atoms with Crippen molar-refractivity contribution in [2.24, 2.45) is 0 Å². The zero-order valence-corrected chi connectivity index (χ0v) is 20.5. The number of carbonyl (C=O) groups excluding carboxylic acids is 6. The van der Waals surface area contributed by atoms with Crippen LogP contribution in [0.1, 0.15) is 27.7 Å². The van der Waals surface area contributed by atoms with Gasteiger partial charge in [0, 0.05) is 34.2 Å². The van der Waals surface area contributed by atoms with E-state index < -0.39 is 73.0 Å². The molecule has 0 spiro atoms. The molecule has 0 aromatic heterocycles. The van der Waals surface area contributed by atoms with Crippen LogP contribution in [0, 0.1) is 0 Å². The van der Waals surface area contributed by atoms with E-state index >= 15 is 0 Å². The summed E-state index contributed by atoms with van der Waals surface area (Å²) in [5.41, 5.74) is 0. The van der Waals surface area contributed by atoms with Crippen molar-refractivity contribution in [2.45, 2.75) is 58.4 Å². The summed E-state index contributed by atoms with van der Waals surface area (Å²) in [6, 6.07) is 0. The number of rotatable bonds is 12. The Labute approximate surface area is 206 Å². The summed E-state index contributed by atoms with van der Waals surface area (Å²) in [6.07, 6.45) is -6.54. The monoisotopic (exact) mass is 524 g/mol. The lowest BCUT2D eigenvalue weighted by Crippen LogP contribution is -2.63. The lowest BCUT2D eigenvalue weighted by molar-refractivity contribution is -0.307. The molecule has 5 atom stereocenters. The number of halogens is 1. The highest BCUT2D eigenvalue weighted by atomic mass is 35.5. The van der Waals surface area contributed by atoms with Crippen LogP contribution in [0.3, 0.4) is 0 Å². The van der Waals surface area contributed by atoms with Crippen LogP contribution in [0.2, 0.25) is 0 Å². The third kappa shape index (κ3) is 11.3. The predicted molar refractivity (Wildman–Crippen MR) is 115 cm³/mol. The number of esters is 4. The smallest absolute Gasteiger partial charge is 0.303 e. The summed E-state index contributed by atoms with van der Waals surface area (Å²) in [7, 11) is 0. The highest BCUT2D eigenvalue weighted by Crippen LogP contribution is 2.29. The number of alkyl halides is 1. The molecule has 1 aliphatic heterocycles. The van der Waals surface area contributed by atoms with E-state index in [4.69, 9.17) is 40.0 Å². The molecule has 2 amide bonds. The number of hydrogen-bond donors (Lipinski definition) is 2. The normalized spacial score (nSPS) is 23.4. The van der Waals surface area contributed by atoms with Gasteiger partial charge in [-0.25, -0.2) is 0 Å². The molecular weight excluding hydrogens is 496 g/mol. The van der Waals surface area contributed by atoms with Crippen molar-refractivity contribution in [1.82, 2.24) is 10.6 Å². The van der Waals surface area contributed by atoms with Gasteiger partial charge in [-0.1, -0.05) is 0 Å². The third-order valence-electron chi connectivity index (χ3n) is 4.22. The molecule has 0 aliphatic carbocycles. The molecule has 1 heterocycles. The standard InChI is InChI=1S/C20H29ClN2O12/c1-10(24)31-9-14-17(32-11(2)25)18(33-12(3)26)19(34-13(4)27)20(35-14)30-6-5-22-16(29)8-23-15(28)7-21/h14,17-20H,5-9H2,1-4H3,(H,22,29)(H,23,28)/t14-,17+,18+,19-,20-/m1/s1. The molecule has 1 saturated heterocycles. The molecular formula is C20H29ClN2O12. The Bertz CT molecular complexity index is 792. The van der Waals surface area contributed by atoms with E-state index in [2.05, 4.69) is 10.6 Å². The Morgan fingerprint density at radius 1 is 0.771 bits per heavy atom. The van der Waals surface area contributed by atoms with Crippen molar-refractivity contribution in [3.05, 3.63) is 0 Å². The molecule has 0 bridgehead atoms. The fraction of sp³-hybridized carbons (Fsp3) is 0.700. The fourth-order valence-corrected chi connectivity index (χ4v) is 3.07. The van der Waals surface area contributed by atoms with Crippen molar-refractivity contribution in [1.29, 1.82) is 0 Å². The van der Waals surface area contributed by atoms with Crippen molar-refractivity contribution < 1.29 is 57.2 Å². The van der Waals surface area contributed by atoms with Gasteiger partial charge >= 0.3 is 23.9 Å². The first-order valence-corrected chi connectivity index (χ1v) is 11.0. The van der Waals surface area contributed by atoms with Gasteiger partial charge in [-0.05, 0) is 0 Å². The first-order valence-electron chi connectivity index (χ1n) is 10.5. The Morgan fingerprint density at radius 2 is 1.34 bits per heavy atom. The second-order valence-electron chi connectivity index (χ2n) is 7.20. The maximum Gasteiger partial charge on any atom is 0.303 e. The lowest BCUT2D eigenvalue weighted by Gasteiger charge is -2.44. The predicted octanol–water partition coefficient (Wildman–Crippen LogP) is -1.44. The zero-order chi connectivity index (χ0) is 26.5. The number of ether oxygens (including phenoxy) is 6. The van der Waals surface area contributed by atoms with Crippen molar-refractivity contribution >= 4 is 47.3 Å². The van der Waals surface area contributed by atoms with E-state index in [0.29, 0.717) is 0 Å². The Balaban J connectivity index is 2.99. The van der Waals surface area contributed by atoms with Crippen molar-refractivity contribution in [3.8, 4) is 0 Å². The van der Waals surface area contributed by atoms with E-state index in [1.807, 2.05) is 0 Å². The van der Waals surface area contributed by atoms with Gasteiger partial charge < -0.3 is 39.1 Å². The molecule has 1 fully saturated rings. The topological polar surface area (TPSA) is 182 Å². The SMILES string of the molecule is CC(=O)OC[C@H]1O[C@@H](OCCNC(=O)CNC(=O)CCl)[C@H](OC(C)=O)[C@@H](OC(C)=O)[C@H]1OC(C)=O. The van der Waals surface area contributed by atoms with Crippen LogP contribution >= 0.6 is 11.6 Å². The van der Waals surface area contributed by atoms with Gasteiger partial charge in [-0.15, -0.1) is 11.6 Å². The summed E-state index contributed by atoms with van der Waals surface area (Å²) in [5.74, 6) is -4.28. The highest BCUT2D eigenvalue weighted by Gasteiger charge is 2.52. The number of nitrogens with one attached hydrogen (secondary N) is 2. The van der Waals surface area contributed by atoms with Gasteiger partial charge in [0.2, 0.25) is 11.8 Å². The second kappa shape index (κ2) is 15.1. The van der Waals surface area contributed by atoms with Crippen molar-refractivity contribution in [3.63, 3.8) is 0 Å². The van der Waals surface area contributed by atoms with Crippen LogP contribution in [-0.2, 0) is 57.2 Å². The van der Waals surface area contributed by atoms with E-state index in [1.165, 1.54) is 0 Å². The average molecular weight is 525 g/mol. The summed E-state index contributed by atoms with van der Waals surface area (Å²) >= 11 is 5.33. The first kappa shape index (κ1) is 30.1. The maximum atomic E-state index is 11.8. The average Bonchev–Trinajstić information content (AvgIpc) is 2.76. The molecule has 15 heteroatoms. The Kier molecular flexibility index (Phi) is 13.0. The van der Waals surface area contributed by atoms with Gasteiger partial charge in [-0.3, -0.25) is 28.8 Å². The molecule has 0 radical (unpaired) electrons. The molecule has 1 rings (SSSR count). The minimum atomic E-state index is -1.37. The first-order chi connectivity index (χ1) is 16.4. The quantitative estimate of drug-likeness (QED) is 0.131. The minimum Gasteiger partial charge on any atom is -0.463 e. The molecule has 14 nitrogen and oxygen atoms in total. The molecule has 198 valence electrons. The van der Waals surface area contributed by atoms with Crippen molar-refractivity contribution in [2.75, 3.05) is 32.2 Å². The van der Waals surface area contributed by atoms with E-state index in [9.17, 15) is 28.8 Å². The van der Waals surface area contributed by atoms with Crippen LogP contribution in [0.4, 0.5) is 0 Å². The van der Waals surface area contributed by atoms with Crippen LogP contribution in [0.15, 0.2) is 0 Å². The number of carbonyl (C=O) groups is 6. The summed E-state index contributed by atoms with van der Waals surface area (Å²) in [5, 5.41) is 4.76. The van der Waals surface area contributed by atoms with Gasteiger partial charge in [0.1, 0.15) is 18.6 Å². The van der Waals surface area contributed by atoms with E-state index in [1.54, 1.807) is 0 Å². The molecule has 0 aromatic rings. The molecule has 0 saturated carbocycles. The molecule has 35 heavy (non-hydrogen) atoms. The Morgan fingerprint density at radius 3 is 1.89 bits per heavy atom. The second-order valence-corrected chi connectivity index (χ2v) is 7.47. The van der Waals surface area contributed by atoms with E-state index in [0.717, 1.165) is 27.7 Å². The number of hydrogen-bond acceptors (Lipinski definition) is 12. The number of amides is 2. The third-order valence-corrected chi connectivity index (χ3v) is 4.46. The van der Waals surface area contributed by atoms with Crippen LogP contribution < -0.4 is 10.6 Å². The maximum absolute atomic E-state index is 11.8. The molecule has 0 unspecified atom stereocenters. The van der Waals surface area contributed by atoms with Gasteiger partial charge in [-0.2, -0.15) is 0 Å². The minimum absolute atomic E-state index is 0.0392. The van der Waals surface area contributed by atoms with Crippen LogP contribution in [0.25, 0.3) is 0 Å². The zero-order valence-electron chi connectivity index (χ0n) is 19.7. The van der Waals surface area contributed by atoms with Gasteiger partial charge in [0.05, 0.1) is 13.2 Å². The lowest BCUT2D eigenvalue weighted by atomic mass is 9.98. The van der Waals surface area contributed by atoms with E-state index in [-0.39, 0.29) is 25.6 Å². The Hall–Kier alpha value is -2.97. The molecule has 1 aliphatic rings.